The van der Waals surface area contributed by atoms with Gasteiger partial charge in [-0.2, -0.15) is 0 Å². The number of methoxy groups -OCH3 is 1. The predicted molar refractivity (Wildman–Crippen MR) is 129 cm³/mol. The van der Waals surface area contributed by atoms with Gasteiger partial charge in [-0.1, -0.05) is 62.4 Å². The highest BCUT2D eigenvalue weighted by molar-refractivity contribution is 7.85. The lowest BCUT2D eigenvalue weighted by molar-refractivity contribution is -0.145. The third-order valence-corrected chi connectivity index (χ3v) is 6.33. The number of esters is 1. The minimum atomic E-state index is -1.34. The van der Waals surface area contributed by atoms with Crippen molar-refractivity contribution in [2.45, 2.75) is 50.3 Å². The maximum atomic E-state index is 13.0. The maximum absolute atomic E-state index is 13.0. The smallest absolute Gasteiger partial charge is 0.408 e. The molecule has 0 radical (unpaired) electrons. The van der Waals surface area contributed by atoms with Crippen LogP contribution in [0.1, 0.15) is 32.3 Å². The summed E-state index contributed by atoms with van der Waals surface area (Å²) in [5.41, 5.74) is 0.819. The quantitative estimate of drug-likeness (QED) is 0.444. The van der Waals surface area contributed by atoms with E-state index < -0.39 is 40.9 Å². The van der Waals surface area contributed by atoms with Crippen LogP contribution in [-0.2, 0) is 36.5 Å². The van der Waals surface area contributed by atoms with Crippen molar-refractivity contribution in [1.82, 2.24) is 10.6 Å². The van der Waals surface area contributed by atoms with Gasteiger partial charge in [-0.3, -0.25) is 9.00 Å². The van der Waals surface area contributed by atoms with Crippen molar-refractivity contribution in [3.63, 3.8) is 0 Å². The van der Waals surface area contributed by atoms with Crippen LogP contribution in [0.2, 0.25) is 0 Å². The summed E-state index contributed by atoms with van der Waals surface area (Å²) >= 11 is 0. The van der Waals surface area contributed by atoms with Crippen molar-refractivity contribution in [2.24, 2.45) is 5.92 Å². The highest BCUT2D eigenvalue weighted by Crippen LogP contribution is 2.10. The molecule has 0 saturated heterocycles. The van der Waals surface area contributed by atoms with E-state index in [1.54, 1.807) is 24.3 Å². The first kappa shape index (κ1) is 27.0. The summed E-state index contributed by atoms with van der Waals surface area (Å²) < 4.78 is 22.6. The highest BCUT2D eigenvalue weighted by atomic mass is 32.2. The Morgan fingerprint density at radius 2 is 1.53 bits per heavy atom. The number of nitrogens with one attached hydrogen (secondary N) is 2. The molecule has 9 heteroatoms. The number of rotatable bonds is 12. The Hall–Kier alpha value is -3.20. The van der Waals surface area contributed by atoms with Crippen molar-refractivity contribution in [2.75, 3.05) is 12.9 Å². The third-order valence-electron chi connectivity index (χ3n) is 4.93. The second-order valence-corrected chi connectivity index (χ2v) is 9.69. The minimum Gasteiger partial charge on any atom is -0.467 e. The van der Waals surface area contributed by atoms with E-state index >= 15 is 0 Å². The van der Waals surface area contributed by atoms with Crippen molar-refractivity contribution in [3.05, 3.63) is 66.2 Å². The fourth-order valence-corrected chi connectivity index (χ4v) is 4.33. The number of carbonyl (C=O) groups excluding carboxylic acids is 3. The van der Waals surface area contributed by atoms with Gasteiger partial charge >= 0.3 is 12.1 Å². The molecule has 0 bridgehead atoms. The number of amides is 2. The summed E-state index contributed by atoms with van der Waals surface area (Å²) in [6.45, 7) is 3.90. The average Bonchev–Trinajstić information content (AvgIpc) is 2.84. The van der Waals surface area contributed by atoms with Gasteiger partial charge in [-0.25, -0.2) is 9.59 Å². The maximum Gasteiger partial charge on any atom is 0.408 e. The van der Waals surface area contributed by atoms with E-state index in [-0.39, 0.29) is 24.7 Å². The molecule has 184 valence electrons. The lowest BCUT2D eigenvalue weighted by Gasteiger charge is -2.23. The van der Waals surface area contributed by atoms with Crippen LogP contribution >= 0.6 is 0 Å². The van der Waals surface area contributed by atoms with Crippen LogP contribution in [0.3, 0.4) is 0 Å². The Morgan fingerprint density at radius 3 is 2.12 bits per heavy atom. The lowest BCUT2D eigenvalue weighted by atomic mass is 10.0. The van der Waals surface area contributed by atoms with Crippen LogP contribution in [0.15, 0.2) is 65.6 Å². The Kier molecular flexibility index (Phi) is 11.3. The van der Waals surface area contributed by atoms with Gasteiger partial charge in [0.2, 0.25) is 5.91 Å². The molecular weight excluding hydrogens is 456 g/mol. The van der Waals surface area contributed by atoms with Crippen molar-refractivity contribution >= 4 is 28.8 Å². The Bertz CT molecular complexity index is 952. The zero-order chi connectivity index (χ0) is 24.9. The van der Waals surface area contributed by atoms with Gasteiger partial charge in [0.25, 0.3) is 0 Å². The van der Waals surface area contributed by atoms with Crippen molar-refractivity contribution in [3.8, 4) is 0 Å². The van der Waals surface area contributed by atoms with Crippen LogP contribution in [0, 0.1) is 5.92 Å². The summed E-state index contributed by atoms with van der Waals surface area (Å²) in [6.07, 6.45) is -0.271. The normalized spacial score (nSPS) is 13.4. The van der Waals surface area contributed by atoms with Gasteiger partial charge in [0.1, 0.15) is 18.7 Å². The van der Waals surface area contributed by atoms with E-state index in [1.165, 1.54) is 7.11 Å². The third kappa shape index (κ3) is 9.35. The van der Waals surface area contributed by atoms with E-state index in [2.05, 4.69) is 10.6 Å². The number of carbonyl (C=O) groups is 3. The van der Waals surface area contributed by atoms with E-state index in [0.717, 1.165) is 5.56 Å². The fourth-order valence-electron chi connectivity index (χ4n) is 3.19. The zero-order valence-corrected chi connectivity index (χ0v) is 20.5. The number of ether oxygens (including phenoxy) is 2. The number of benzene rings is 2. The molecule has 2 amide bonds. The summed E-state index contributed by atoms with van der Waals surface area (Å²) in [7, 11) is -0.113. The van der Waals surface area contributed by atoms with E-state index in [9.17, 15) is 18.6 Å². The molecule has 2 rings (SSSR count). The molecule has 2 aromatic carbocycles. The fraction of sp³-hybridized carbons (Fsp3) is 0.400. The van der Waals surface area contributed by atoms with Crippen LogP contribution in [0.5, 0.6) is 0 Å². The molecule has 0 aromatic heterocycles. The molecule has 0 unspecified atom stereocenters. The molecule has 3 atom stereocenters. The van der Waals surface area contributed by atoms with E-state index in [4.69, 9.17) is 9.47 Å². The van der Waals surface area contributed by atoms with Crippen LogP contribution in [0.25, 0.3) is 0 Å². The highest BCUT2D eigenvalue weighted by Gasteiger charge is 2.28. The van der Waals surface area contributed by atoms with E-state index in [0.29, 0.717) is 11.3 Å². The number of hydrogen-bond acceptors (Lipinski definition) is 6. The van der Waals surface area contributed by atoms with E-state index in [1.807, 2.05) is 50.2 Å². The first-order valence-corrected chi connectivity index (χ1v) is 12.4. The standard InChI is InChI=1S/C25H32N2O6S/c1-18(2)16-22(27-25(30)33-17-19-10-6-4-7-11-19)23(28)26-21(24(29)32-3)14-15-34(31)20-12-8-5-9-13-20/h4-13,18,21-22H,14-17H2,1-3H3,(H,26,28)(H,27,30)/t21-,22+,34-/m1/s1. The van der Waals surface area contributed by atoms with Crippen molar-refractivity contribution in [1.29, 1.82) is 0 Å². The van der Waals surface area contributed by atoms with Gasteiger partial charge in [0.05, 0.1) is 17.9 Å². The lowest BCUT2D eigenvalue weighted by Crippen LogP contribution is -2.52. The molecule has 0 heterocycles. The SMILES string of the molecule is COC(=O)[C@@H](CC[S@@](=O)c1ccccc1)NC(=O)[C@H](CC(C)C)NC(=O)OCc1ccccc1. The average molecular weight is 489 g/mol. The molecule has 0 saturated carbocycles. The first-order valence-electron chi connectivity index (χ1n) is 11.1. The number of hydrogen-bond donors (Lipinski definition) is 2. The monoisotopic (exact) mass is 488 g/mol. The van der Waals surface area contributed by atoms with Crippen LogP contribution in [0.4, 0.5) is 4.79 Å². The first-order chi connectivity index (χ1) is 16.3. The molecule has 34 heavy (non-hydrogen) atoms. The van der Waals surface area contributed by atoms with Gasteiger partial charge in [-0.15, -0.1) is 0 Å². The summed E-state index contributed by atoms with van der Waals surface area (Å²) in [5.74, 6) is -0.933. The molecule has 0 aliphatic rings. The summed E-state index contributed by atoms with van der Waals surface area (Å²) in [4.78, 5) is 38.2. The molecule has 8 nitrogen and oxygen atoms in total. The molecule has 0 fully saturated rings. The van der Waals surface area contributed by atoms with Gasteiger partial charge < -0.3 is 20.1 Å². The predicted octanol–water partition coefficient (Wildman–Crippen LogP) is 3.18. The Balaban J connectivity index is 1.99. The molecule has 0 aliphatic carbocycles. The molecule has 0 spiro atoms. The van der Waals surface area contributed by atoms with Gasteiger partial charge in [0.15, 0.2) is 0 Å². The van der Waals surface area contributed by atoms with Gasteiger partial charge in [0, 0.05) is 10.6 Å². The Labute approximate surface area is 202 Å². The topological polar surface area (TPSA) is 111 Å². The second-order valence-electron chi connectivity index (χ2n) is 8.12. The zero-order valence-electron chi connectivity index (χ0n) is 19.7. The molecule has 0 aliphatic heterocycles. The van der Waals surface area contributed by atoms with Gasteiger partial charge in [-0.05, 0) is 36.5 Å². The van der Waals surface area contributed by atoms with Crippen molar-refractivity contribution < 1.29 is 28.1 Å². The Morgan fingerprint density at radius 1 is 0.912 bits per heavy atom. The molecular formula is C25H32N2O6S. The molecule has 2 N–H and O–H groups in total. The largest absolute Gasteiger partial charge is 0.467 e. The number of alkyl carbamates (subject to hydrolysis) is 1. The van der Waals surface area contributed by atoms with Crippen LogP contribution in [-0.4, -0.2) is 47.1 Å². The minimum absolute atomic E-state index is 0.0682. The second kappa shape index (κ2) is 14.1. The summed E-state index contributed by atoms with van der Waals surface area (Å²) in [6, 6.07) is 16.2. The summed E-state index contributed by atoms with van der Waals surface area (Å²) in [5, 5.41) is 5.23. The van der Waals surface area contributed by atoms with Crippen LogP contribution < -0.4 is 10.6 Å². The molecule has 2 aromatic rings.